The van der Waals surface area contributed by atoms with E-state index in [2.05, 4.69) is 20.7 Å². The second kappa shape index (κ2) is 11.9. The van der Waals surface area contributed by atoms with Crippen LogP contribution in [0.2, 0.25) is 0 Å². The molecule has 2 heterocycles. The molecule has 1 atom stereocenters. The van der Waals surface area contributed by atoms with Crippen LogP contribution < -0.4 is 10.6 Å². The smallest absolute Gasteiger partial charge is 0.355 e. The van der Waals surface area contributed by atoms with E-state index in [0.717, 1.165) is 22.9 Å². The first-order chi connectivity index (χ1) is 20.8. The molecule has 2 amide bonds. The first-order valence-corrected chi connectivity index (χ1v) is 13.2. The molecule has 5 rings (SSSR count). The molecular formula is C30H23F6N5O3. The number of hydrogen-bond donors (Lipinski definition) is 2. The number of benzene rings is 2. The van der Waals surface area contributed by atoms with Gasteiger partial charge in [0.1, 0.15) is 29.8 Å². The zero-order chi connectivity index (χ0) is 31.8. The van der Waals surface area contributed by atoms with E-state index in [4.69, 9.17) is 0 Å². The standard InChI is InChI=1S/C30H23F6N5O3/c1-37-29(44)21-10-16(4-5-23(21)33)20-3-2-6-38-27(20)24(9-15-7-17(31)11-18(32)8-15)39-26(43)14-41-25-13-19(42)12-22(25)28(40-41)30(34,35)36/h2-8,10-11,24H,9,12-14H2,1H3,(H,37,44)(H,39,43)/t24-/m0/s1. The maximum absolute atomic E-state index is 14.4. The lowest BCUT2D eigenvalue weighted by Gasteiger charge is -2.22. The Kier molecular flexibility index (Phi) is 8.26. The van der Waals surface area contributed by atoms with Gasteiger partial charge in [-0.1, -0.05) is 12.1 Å². The molecule has 0 spiro atoms. The van der Waals surface area contributed by atoms with E-state index in [-0.39, 0.29) is 40.9 Å². The van der Waals surface area contributed by atoms with Crippen LogP contribution in [0.1, 0.15) is 44.6 Å². The number of hydrogen-bond acceptors (Lipinski definition) is 5. The fourth-order valence-electron chi connectivity index (χ4n) is 5.22. The average molecular weight is 616 g/mol. The molecule has 0 fully saturated rings. The van der Waals surface area contributed by atoms with Crippen LogP contribution in [0.25, 0.3) is 11.1 Å². The van der Waals surface area contributed by atoms with Gasteiger partial charge in [0, 0.05) is 43.3 Å². The summed E-state index contributed by atoms with van der Waals surface area (Å²) < 4.78 is 84.2. The van der Waals surface area contributed by atoms with Crippen molar-refractivity contribution in [1.29, 1.82) is 0 Å². The Bertz CT molecular complexity index is 1770. The van der Waals surface area contributed by atoms with Gasteiger partial charge < -0.3 is 10.6 Å². The average Bonchev–Trinajstić information content (AvgIpc) is 3.49. The Morgan fingerprint density at radius 3 is 2.43 bits per heavy atom. The SMILES string of the molecule is CNC(=O)c1cc(-c2cccnc2[C@H](Cc2cc(F)cc(F)c2)NC(=O)Cn2nc(C(F)(F)F)c3c2CC(=O)C3)ccc1F. The van der Waals surface area contributed by atoms with Crippen LogP contribution in [-0.2, 0) is 41.6 Å². The van der Waals surface area contributed by atoms with E-state index >= 15 is 0 Å². The summed E-state index contributed by atoms with van der Waals surface area (Å²) in [5, 5.41) is 8.57. The fraction of sp³-hybridized carbons (Fsp3) is 0.233. The summed E-state index contributed by atoms with van der Waals surface area (Å²) in [7, 11) is 1.33. The van der Waals surface area contributed by atoms with Gasteiger partial charge in [-0.3, -0.25) is 24.0 Å². The Morgan fingerprint density at radius 1 is 1.02 bits per heavy atom. The lowest BCUT2D eigenvalue weighted by Crippen LogP contribution is -2.34. The minimum absolute atomic E-state index is 0.0206. The number of pyridine rings is 1. The number of nitrogens with one attached hydrogen (secondary N) is 2. The largest absolute Gasteiger partial charge is 0.435 e. The highest BCUT2D eigenvalue weighted by Crippen LogP contribution is 2.36. The molecule has 2 aromatic heterocycles. The van der Waals surface area contributed by atoms with Gasteiger partial charge in [-0.25, -0.2) is 13.2 Å². The monoisotopic (exact) mass is 615 g/mol. The summed E-state index contributed by atoms with van der Waals surface area (Å²) >= 11 is 0. The summed E-state index contributed by atoms with van der Waals surface area (Å²) in [6.45, 7) is -0.695. The highest BCUT2D eigenvalue weighted by Gasteiger charge is 2.42. The number of fused-ring (bicyclic) bond motifs is 1. The summed E-state index contributed by atoms with van der Waals surface area (Å²) in [5.41, 5.74) is -0.856. The Labute approximate surface area is 246 Å². The first kappa shape index (κ1) is 30.4. The van der Waals surface area contributed by atoms with Gasteiger partial charge in [0.15, 0.2) is 5.69 Å². The molecule has 4 aromatic rings. The van der Waals surface area contributed by atoms with Gasteiger partial charge in [0.05, 0.1) is 23.0 Å². The maximum Gasteiger partial charge on any atom is 0.435 e. The molecule has 0 unspecified atom stereocenters. The van der Waals surface area contributed by atoms with Crippen LogP contribution in [0.4, 0.5) is 26.3 Å². The van der Waals surface area contributed by atoms with E-state index < -0.39 is 65.9 Å². The highest BCUT2D eigenvalue weighted by atomic mass is 19.4. The van der Waals surface area contributed by atoms with Gasteiger partial charge in [0.2, 0.25) is 5.91 Å². The summed E-state index contributed by atoms with van der Waals surface area (Å²) in [4.78, 5) is 41.9. The highest BCUT2D eigenvalue weighted by molar-refractivity contribution is 5.95. The van der Waals surface area contributed by atoms with Crippen molar-refractivity contribution in [2.24, 2.45) is 0 Å². The molecule has 2 N–H and O–H groups in total. The quantitative estimate of drug-likeness (QED) is 0.284. The molecule has 0 aliphatic heterocycles. The van der Waals surface area contributed by atoms with E-state index in [0.29, 0.717) is 17.2 Å². The molecule has 1 aliphatic rings. The topological polar surface area (TPSA) is 106 Å². The molecule has 1 aliphatic carbocycles. The molecule has 0 saturated heterocycles. The molecule has 0 bridgehead atoms. The number of halogens is 6. The third kappa shape index (κ3) is 6.33. The summed E-state index contributed by atoms with van der Waals surface area (Å²) in [6.07, 6.45) is -4.44. The number of carbonyl (C=O) groups is 3. The normalized spacial score (nSPS) is 13.5. The number of aromatic nitrogens is 3. The zero-order valence-electron chi connectivity index (χ0n) is 22.9. The van der Waals surface area contributed by atoms with Crippen molar-refractivity contribution in [2.75, 3.05) is 7.05 Å². The summed E-state index contributed by atoms with van der Waals surface area (Å²) in [6, 6.07) is 8.51. The van der Waals surface area contributed by atoms with Crippen molar-refractivity contribution in [3.05, 3.63) is 106 Å². The number of carbonyl (C=O) groups excluding carboxylic acids is 3. The van der Waals surface area contributed by atoms with Crippen molar-refractivity contribution >= 4 is 17.6 Å². The van der Waals surface area contributed by atoms with Crippen LogP contribution in [0.15, 0.2) is 54.7 Å². The second-order valence-corrected chi connectivity index (χ2v) is 10.1. The van der Waals surface area contributed by atoms with Crippen molar-refractivity contribution in [2.45, 2.75) is 38.0 Å². The number of nitrogens with zero attached hydrogens (tertiary/aromatic N) is 3. The van der Waals surface area contributed by atoms with E-state index in [9.17, 15) is 40.7 Å². The minimum Gasteiger partial charge on any atom is -0.355 e. The predicted octanol–water partition coefficient (Wildman–Crippen LogP) is 4.51. The maximum atomic E-state index is 14.4. The minimum atomic E-state index is -4.84. The van der Waals surface area contributed by atoms with E-state index in [1.54, 1.807) is 12.1 Å². The van der Waals surface area contributed by atoms with Gasteiger partial charge in [-0.2, -0.15) is 18.3 Å². The van der Waals surface area contributed by atoms with Crippen molar-refractivity contribution in [3.63, 3.8) is 0 Å². The number of rotatable bonds is 8. The molecule has 44 heavy (non-hydrogen) atoms. The molecule has 0 saturated carbocycles. The molecule has 228 valence electrons. The third-order valence-electron chi connectivity index (χ3n) is 7.08. The van der Waals surface area contributed by atoms with Crippen LogP contribution >= 0.6 is 0 Å². The Morgan fingerprint density at radius 2 is 1.75 bits per heavy atom. The number of alkyl halides is 3. The van der Waals surface area contributed by atoms with Crippen LogP contribution in [0, 0.1) is 17.5 Å². The fourth-order valence-corrected chi connectivity index (χ4v) is 5.22. The third-order valence-corrected chi connectivity index (χ3v) is 7.08. The predicted molar refractivity (Wildman–Crippen MR) is 144 cm³/mol. The lowest BCUT2D eigenvalue weighted by molar-refractivity contribution is -0.142. The zero-order valence-corrected chi connectivity index (χ0v) is 22.9. The lowest BCUT2D eigenvalue weighted by atomic mass is 9.94. The first-order valence-electron chi connectivity index (χ1n) is 13.2. The molecule has 14 heteroatoms. The number of Topliss-reactive ketones (excluding diaryl/α,β-unsaturated/α-hetero) is 1. The van der Waals surface area contributed by atoms with Crippen molar-refractivity contribution in [1.82, 2.24) is 25.4 Å². The van der Waals surface area contributed by atoms with Crippen LogP contribution in [0.5, 0.6) is 0 Å². The molecule has 0 radical (unpaired) electrons. The van der Waals surface area contributed by atoms with Crippen LogP contribution in [-0.4, -0.2) is 39.4 Å². The van der Waals surface area contributed by atoms with Crippen LogP contribution in [0.3, 0.4) is 0 Å². The Balaban J connectivity index is 1.53. The molecule has 8 nitrogen and oxygen atoms in total. The van der Waals surface area contributed by atoms with Gasteiger partial charge in [-0.15, -0.1) is 0 Å². The van der Waals surface area contributed by atoms with Crippen molar-refractivity contribution < 1.29 is 40.7 Å². The van der Waals surface area contributed by atoms with Gasteiger partial charge in [0.25, 0.3) is 5.91 Å². The number of amides is 2. The van der Waals surface area contributed by atoms with Gasteiger partial charge >= 0.3 is 6.18 Å². The van der Waals surface area contributed by atoms with Crippen molar-refractivity contribution in [3.8, 4) is 11.1 Å². The Hall–Kier alpha value is -5.01. The second-order valence-electron chi connectivity index (χ2n) is 10.1. The van der Waals surface area contributed by atoms with E-state index in [1.807, 2.05) is 0 Å². The van der Waals surface area contributed by atoms with Gasteiger partial charge in [-0.05, 0) is 47.9 Å². The number of ketones is 1. The summed E-state index contributed by atoms with van der Waals surface area (Å²) in [5.74, 6) is -4.52. The molecule has 2 aromatic carbocycles. The molecular weight excluding hydrogens is 592 g/mol. The van der Waals surface area contributed by atoms with E-state index in [1.165, 1.54) is 25.4 Å².